The summed E-state index contributed by atoms with van der Waals surface area (Å²) in [5.41, 5.74) is 1.82. The number of hydrogen-bond acceptors (Lipinski definition) is 4. The van der Waals surface area contributed by atoms with E-state index in [2.05, 4.69) is 15.3 Å². The molecule has 0 spiro atoms. The maximum absolute atomic E-state index is 13.0. The number of carbonyl (C=O) groups excluding carboxylic acids is 1. The highest BCUT2D eigenvalue weighted by atomic mass is 35.5. The number of anilines is 1. The molecule has 2 aromatic carbocycles. The largest absolute Gasteiger partial charge is 0.310 e. The fourth-order valence-corrected chi connectivity index (χ4v) is 4.17. The molecule has 1 unspecified atom stereocenters. The predicted molar refractivity (Wildman–Crippen MR) is 107 cm³/mol. The zero-order valence-electron chi connectivity index (χ0n) is 14.5. The van der Waals surface area contributed by atoms with Gasteiger partial charge in [0.15, 0.2) is 5.16 Å². The van der Waals surface area contributed by atoms with Crippen molar-refractivity contribution >= 4 is 35.1 Å². The number of amides is 1. The molecular weight excluding hydrogens is 401 g/mol. The van der Waals surface area contributed by atoms with Crippen LogP contribution >= 0.6 is 23.4 Å². The van der Waals surface area contributed by atoms with E-state index in [1.807, 2.05) is 6.07 Å². The summed E-state index contributed by atoms with van der Waals surface area (Å²) in [6.07, 6.45) is 0.153. The molecule has 0 radical (unpaired) electrons. The van der Waals surface area contributed by atoms with Gasteiger partial charge in [-0.25, -0.2) is 9.37 Å². The fourth-order valence-electron chi connectivity index (χ4n) is 3.16. The van der Waals surface area contributed by atoms with Gasteiger partial charge in [-0.15, -0.1) is 0 Å². The van der Waals surface area contributed by atoms with Gasteiger partial charge in [0, 0.05) is 23.1 Å². The second-order valence-corrected chi connectivity index (χ2v) is 7.81. The first kappa shape index (κ1) is 18.7. The normalized spacial score (nSPS) is 15.8. The second kappa shape index (κ2) is 7.77. The van der Waals surface area contributed by atoms with E-state index in [9.17, 15) is 14.0 Å². The smallest absolute Gasteiger partial charge is 0.257 e. The van der Waals surface area contributed by atoms with Gasteiger partial charge in [-0.1, -0.05) is 47.6 Å². The molecule has 1 aliphatic heterocycles. The number of nitrogens with one attached hydrogen (secondary N) is 2. The first-order chi connectivity index (χ1) is 13.5. The molecule has 4 rings (SSSR count). The molecule has 142 valence electrons. The standard InChI is InChI=1S/C20H15ClFN3O2S/c21-13-3-1-2-12(8-13)15-9-16(26)23-18-17(15)19(27)25-20(24-18)28-10-11-4-6-14(22)7-5-11/h1-8,15H,9-10H2,(H2,23,24,25,26,27). The van der Waals surface area contributed by atoms with Gasteiger partial charge in [0.05, 0.1) is 5.56 Å². The van der Waals surface area contributed by atoms with Crippen molar-refractivity contribution in [2.45, 2.75) is 23.2 Å². The molecule has 0 aliphatic carbocycles. The second-order valence-electron chi connectivity index (χ2n) is 6.41. The molecule has 0 bridgehead atoms. The summed E-state index contributed by atoms with van der Waals surface area (Å²) in [4.78, 5) is 32.2. The lowest BCUT2D eigenvalue weighted by Crippen LogP contribution is -2.31. The molecule has 1 aliphatic rings. The van der Waals surface area contributed by atoms with Crippen molar-refractivity contribution in [3.63, 3.8) is 0 Å². The van der Waals surface area contributed by atoms with Crippen molar-refractivity contribution in [1.82, 2.24) is 9.97 Å². The number of aromatic nitrogens is 2. The van der Waals surface area contributed by atoms with E-state index in [0.29, 0.717) is 21.5 Å². The van der Waals surface area contributed by atoms with E-state index >= 15 is 0 Å². The number of thioether (sulfide) groups is 1. The molecule has 28 heavy (non-hydrogen) atoms. The van der Waals surface area contributed by atoms with Crippen LogP contribution in [0.25, 0.3) is 0 Å². The Balaban J connectivity index is 1.65. The monoisotopic (exact) mass is 415 g/mol. The molecule has 1 aromatic heterocycles. The predicted octanol–water partition coefficient (Wildman–Crippen LogP) is 4.33. The molecule has 0 saturated carbocycles. The minimum Gasteiger partial charge on any atom is -0.310 e. The number of H-pyrrole nitrogens is 1. The molecule has 2 heterocycles. The third kappa shape index (κ3) is 3.95. The Morgan fingerprint density at radius 1 is 1.18 bits per heavy atom. The minimum absolute atomic E-state index is 0.153. The maximum atomic E-state index is 13.0. The molecule has 2 N–H and O–H groups in total. The van der Waals surface area contributed by atoms with Crippen LogP contribution in [0.5, 0.6) is 0 Å². The number of nitrogens with zero attached hydrogens (tertiary/aromatic N) is 1. The Morgan fingerprint density at radius 3 is 2.71 bits per heavy atom. The van der Waals surface area contributed by atoms with Crippen LogP contribution in [0.1, 0.15) is 29.0 Å². The molecule has 0 fully saturated rings. The van der Waals surface area contributed by atoms with Crippen molar-refractivity contribution in [2.24, 2.45) is 0 Å². The lowest BCUT2D eigenvalue weighted by Gasteiger charge is -2.24. The lowest BCUT2D eigenvalue weighted by atomic mass is 9.87. The number of rotatable bonds is 4. The highest BCUT2D eigenvalue weighted by molar-refractivity contribution is 7.98. The lowest BCUT2D eigenvalue weighted by molar-refractivity contribution is -0.116. The van der Waals surface area contributed by atoms with E-state index < -0.39 is 5.92 Å². The van der Waals surface area contributed by atoms with Gasteiger partial charge in [-0.05, 0) is 35.4 Å². The summed E-state index contributed by atoms with van der Waals surface area (Å²) in [7, 11) is 0. The minimum atomic E-state index is -0.408. The molecule has 0 saturated heterocycles. The Hall–Kier alpha value is -2.64. The summed E-state index contributed by atoms with van der Waals surface area (Å²) in [6, 6.07) is 13.3. The number of fused-ring (bicyclic) bond motifs is 1. The van der Waals surface area contributed by atoms with Crippen LogP contribution in [0.3, 0.4) is 0 Å². The van der Waals surface area contributed by atoms with E-state index in [1.54, 1.807) is 30.3 Å². The van der Waals surface area contributed by atoms with Gasteiger partial charge < -0.3 is 10.3 Å². The number of hydrogen-bond donors (Lipinski definition) is 2. The first-order valence-electron chi connectivity index (χ1n) is 8.56. The van der Waals surface area contributed by atoms with E-state index in [4.69, 9.17) is 11.6 Å². The Labute approximate surface area is 169 Å². The van der Waals surface area contributed by atoms with Crippen molar-refractivity contribution in [3.05, 3.63) is 86.4 Å². The highest BCUT2D eigenvalue weighted by Crippen LogP contribution is 2.35. The van der Waals surface area contributed by atoms with Crippen LogP contribution in [-0.4, -0.2) is 15.9 Å². The quantitative estimate of drug-likeness (QED) is 0.491. The van der Waals surface area contributed by atoms with Gasteiger partial charge in [-0.3, -0.25) is 9.59 Å². The van der Waals surface area contributed by atoms with Gasteiger partial charge in [0.2, 0.25) is 5.91 Å². The van der Waals surface area contributed by atoms with Crippen molar-refractivity contribution < 1.29 is 9.18 Å². The number of halogens is 2. The Kier molecular flexibility index (Phi) is 5.19. The van der Waals surface area contributed by atoms with E-state index in [1.165, 1.54) is 23.9 Å². The summed E-state index contributed by atoms with van der Waals surface area (Å²) >= 11 is 7.38. The van der Waals surface area contributed by atoms with Crippen LogP contribution in [0, 0.1) is 5.82 Å². The number of benzene rings is 2. The summed E-state index contributed by atoms with van der Waals surface area (Å²) in [5, 5.41) is 3.63. The molecule has 3 aromatic rings. The van der Waals surface area contributed by atoms with Gasteiger partial charge >= 0.3 is 0 Å². The number of aromatic amines is 1. The highest BCUT2D eigenvalue weighted by Gasteiger charge is 2.31. The van der Waals surface area contributed by atoms with Crippen LogP contribution in [0.15, 0.2) is 58.5 Å². The van der Waals surface area contributed by atoms with Gasteiger partial charge in [-0.2, -0.15) is 0 Å². The van der Waals surface area contributed by atoms with E-state index in [-0.39, 0.29) is 29.5 Å². The fraction of sp³-hybridized carbons (Fsp3) is 0.150. The maximum Gasteiger partial charge on any atom is 0.257 e. The van der Waals surface area contributed by atoms with Gasteiger partial charge in [0.25, 0.3) is 5.56 Å². The third-order valence-electron chi connectivity index (χ3n) is 4.47. The SMILES string of the molecule is O=C1CC(c2cccc(Cl)c2)c2c(nc(SCc3ccc(F)cc3)[nH]c2=O)N1. The van der Waals surface area contributed by atoms with Crippen LogP contribution < -0.4 is 10.9 Å². The topological polar surface area (TPSA) is 74.8 Å². The first-order valence-corrected chi connectivity index (χ1v) is 9.93. The average molecular weight is 416 g/mol. The Morgan fingerprint density at radius 2 is 1.96 bits per heavy atom. The molecular formula is C20H15ClFN3O2S. The Bertz CT molecular complexity index is 1100. The molecule has 8 heteroatoms. The van der Waals surface area contributed by atoms with Crippen LogP contribution in [0.4, 0.5) is 10.2 Å². The van der Waals surface area contributed by atoms with E-state index in [0.717, 1.165) is 11.1 Å². The number of carbonyl (C=O) groups is 1. The van der Waals surface area contributed by atoms with Crippen molar-refractivity contribution in [1.29, 1.82) is 0 Å². The summed E-state index contributed by atoms with van der Waals surface area (Å²) in [6.45, 7) is 0. The molecule has 1 atom stereocenters. The van der Waals surface area contributed by atoms with Crippen LogP contribution in [-0.2, 0) is 10.5 Å². The average Bonchev–Trinajstić information content (AvgIpc) is 2.66. The van der Waals surface area contributed by atoms with Gasteiger partial charge in [0.1, 0.15) is 11.6 Å². The van der Waals surface area contributed by atoms with Crippen molar-refractivity contribution in [3.8, 4) is 0 Å². The summed E-state index contributed by atoms with van der Waals surface area (Å²) in [5.74, 6) is -0.136. The third-order valence-corrected chi connectivity index (χ3v) is 5.65. The zero-order chi connectivity index (χ0) is 19.7. The zero-order valence-corrected chi connectivity index (χ0v) is 16.1. The van der Waals surface area contributed by atoms with Crippen LogP contribution in [0.2, 0.25) is 5.02 Å². The summed E-state index contributed by atoms with van der Waals surface area (Å²) < 4.78 is 13.0. The molecule has 1 amide bonds. The van der Waals surface area contributed by atoms with Crippen molar-refractivity contribution in [2.75, 3.05) is 5.32 Å². The molecule has 5 nitrogen and oxygen atoms in total.